The summed E-state index contributed by atoms with van der Waals surface area (Å²) in [6.07, 6.45) is 10.2. The molecule has 3 N–H and O–H groups in total. The average molecular weight is 619 g/mol. The van der Waals surface area contributed by atoms with E-state index >= 15 is 0 Å². The number of aromatic nitrogens is 4. The number of unbranched alkanes of at least 4 members (excludes halogenated alkanes) is 2. The molecule has 0 unspecified atom stereocenters. The van der Waals surface area contributed by atoms with Gasteiger partial charge >= 0.3 is 0 Å². The Morgan fingerprint density at radius 1 is 0.978 bits per heavy atom. The zero-order valence-corrected chi connectivity index (χ0v) is 26.0. The van der Waals surface area contributed by atoms with Gasteiger partial charge in [-0.25, -0.2) is 15.4 Å². The van der Waals surface area contributed by atoms with Crippen molar-refractivity contribution in [2.45, 2.75) is 84.2 Å². The maximum Gasteiger partial charge on any atom is 0.263 e. The van der Waals surface area contributed by atoms with E-state index in [0.717, 1.165) is 63.7 Å². The van der Waals surface area contributed by atoms with E-state index < -0.39 is 5.91 Å². The molecule has 13 nitrogen and oxygen atoms in total. The Morgan fingerprint density at radius 3 is 2.38 bits per heavy atom. The molecule has 1 aliphatic heterocycles. The van der Waals surface area contributed by atoms with Gasteiger partial charge in [0.05, 0.1) is 5.56 Å². The van der Waals surface area contributed by atoms with E-state index in [-0.39, 0.29) is 35.3 Å². The number of ketones is 1. The first-order valence-corrected chi connectivity index (χ1v) is 15.8. The number of fused-ring (bicyclic) bond motifs is 1. The Hall–Kier alpha value is -4.23. The number of hydrogen-bond donors (Lipinski definition) is 3. The minimum Gasteiger partial charge on any atom is -0.340 e. The molecular formula is C32H42N8O5. The Morgan fingerprint density at radius 2 is 1.71 bits per heavy atom. The van der Waals surface area contributed by atoms with E-state index in [0.29, 0.717) is 54.3 Å². The summed E-state index contributed by atoms with van der Waals surface area (Å²) < 4.78 is 1.70. The zero-order valence-electron chi connectivity index (χ0n) is 26.0. The van der Waals surface area contributed by atoms with Crippen molar-refractivity contribution in [3.63, 3.8) is 0 Å². The van der Waals surface area contributed by atoms with Gasteiger partial charge in [0.2, 0.25) is 17.8 Å². The molecule has 1 saturated carbocycles. The Labute approximate surface area is 262 Å². The molecule has 3 aromatic heterocycles. The van der Waals surface area contributed by atoms with E-state index in [1.54, 1.807) is 23.2 Å². The summed E-state index contributed by atoms with van der Waals surface area (Å²) in [7, 11) is 0. The minimum atomic E-state index is -0.398. The zero-order chi connectivity index (χ0) is 31.9. The largest absolute Gasteiger partial charge is 0.340 e. The van der Waals surface area contributed by atoms with Gasteiger partial charge in [-0.05, 0) is 56.7 Å². The third-order valence-corrected chi connectivity index (χ3v) is 8.87. The fourth-order valence-corrected chi connectivity index (χ4v) is 6.38. The number of hydroxylamine groups is 1. The number of carbonyl (C=O) groups excluding carboxylic acids is 3. The molecule has 240 valence electrons. The van der Waals surface area contributed by atoms with Crippen LogP contribution in [0, 0.1) is 6.92 Å². The van der Waals surface area contributed by atoms with Crippen LogP contribution in [0.15, 0.2) is 29.3 Å². The summed E-state index contributed by atoms with van der Waals surface area (Å²) in [5.41, 5.74) is 3.75. The van der Waals surface area contributed by atoms with Crippen LogP contribution in [0.5, 0.6) is 0 Å². The lowest BCUT2D eigenvalue weighted by atomic mass is 10.0. The van der Waals surface area contributed by atoms with Crippen LogP contribution in [0.2, 0.25) is 0 Å². The molecule has 0 radical (unpaired) electrons. The van der Waals surface area contributed by atoms with Crippen LogP contribution in [-0.2, 0) is 16.1 Å². The number of nitrogens with zero attached hydrogens (tertiary/aromatic N) is 6. The predicted octanol–water partition coefficient (Wildman–Crippen LogP) is 3.66. The molecule has 1 saturated heterocycles. The van der Waals surface area contributed by atoms with Crippen LogP contribution < -0.4 is 16.4 Å². The highest BCUT2D eigenvalue weighted by molar-refractivity contribution is 5.99. The van der Waals surface area contributed by atoms with Crippen LogP contribution in [0.4, 0.5) is 11.8 Å². The van der Waals surface area contributed by atoms with Gasteiger partial charge in [0.1, 0.15) is 11.5 Å². The highest BCUT2D eigenvalue weighted by atomic mass is 16.5. The molecule has 2 fully saturated rings. The number of hydrogen-bond acceptors (Lipinski definition) is 10. The third-order valence-electron chi connectivity index (χ3n) is 8.87. The second kappa shape index (κ2) is 14.7. The van der Waals surface area contributed by atoms with Crippen molar-refractivity contribution >= 4 is 40.4 Å². The lowest BCUT2D eigenvalue weighted by molar-refractivity contribution is -0.133. The smallest absolute Gasteiger partial charge is 0.263 e. The number of amides is 2. The van der Waals surface area contributed by atoms with Crippen LogP contribution in [-0.4, -0.2) is 78.3 Å². The molecule has 1 aliphatic carbocycles. The van der Waals surface area contributed by atoms with Crippen LogP contribution >= 0.6 is 0 Å². The Bertz CT molecular complexity index is 1590. The van der Waals surface area contributed by atoms with E-state index in [2.05, 4.69) is 20.2 Å². The highest BCUT2D eigenvalue weighted by Gasteiger charge is 2.26. The van der Waals surface area contributed by atoms with Gasteiger partial charge in [-0.15, -0.1) is 0 Å². The normalized spacial score (nSPS) is 15.8. The quantitative estimate of drug-likeness (QED) is 0.118. The highest BCUT2D eigenvalue weighted by Crippen LogP contribution is 2.32. The topological polar surface area (TPSA) is 163 Å². The van der Waals surface area contributed by atoms with Crippen molar-refractivity contribution in [3.05, 3.63) is 51.6 Å². The molecule has 2 aliphatic rings. The van der Waals surface area contributed by atoms with E-state index in [1.165, 1.54) is 6.92 Å². The first-order valence-electron chi connectivity index (χ1n) is 15.8. The van der Waals surface area contributed by atoms with Gasteiger partial charge in [-0.2, -0.15) is 4.98 Å². The summed E-state index contributed by atoms with van der Waals surface area (Å²) in [5, 5.41) is 12.4. The maximum atomic E-state index is 13.5. The SMILES string of the molecule is CC(=O)c1c(C)c2cnc(Nc3ccc(CN4CCN(C(=O)CCCCCC(=O)NO)CC4)cn3)nc2n(C2CCCC2)c1=O. The second-order valence-corrected chi connectivity index (χ2v) is 12.0. The molecule has 3 aromatic rings. The van der Waals surface area contributed by atoms with Crippen molar-refractivity contribution in [1.29, 1.82) is 0 Å². The van der Waals surface area contributed by atoms with Crippen LogP contribution in [0.1, 0.15) is 92.2 Å². The van der Waals surface area contributed by atoms with Gasteiger partial charge in [0.15, 0.2) is 5.78 Å². The molecule has 0 spiro atoms. The van der Waals surface area contributed by atoms with E-state index in [9.17, 15) is 19.2 Å². The number of aryl methyl sites for hydroxylation is 1. The summed E-state index contributed by atoms with van der Waals surface area (Å²) >= 11 is 0. The third kappa shape index (κ3) is 7.71. The van der Waals surface area contributed by atoms with Gasteiger partial charge in [-0.3, -0.25) is 33.9 Å². The first-order chi connectivity index (χ1) is 21.7. The lowest BCUT2D eigenvalue weighted by Crippen LogP contribution is -2.48. The number of pyridine rings is 2. The number of carbonyl (C=O) groups is 3. The van der Waals surface area contributed by atoms with Crippen molar-refractivity contribution in [2.24, 2.45) is 0 Å². The number of anilines is 2. The molecule has 0 atom stereocenters. The molecule has 0 aromatic carbocycles. The Kier molecular flexibility index (Phi) is 10.5. The van der Waals surface area contributed by atoms with Gasteiger partial charge < -0.3 is 10.2 Å². The summed E-state index contributed by atoms with van der Waals surface area (Å²) in [6.45, 7) is 6.84. The van der Waals surface area contributed by atoms with E-state index in [4.69, 9.17) is 10.2 Å². The van der Waals surface area contributed by atoms with Crippen molar-refractivity contribution < 1.29 is 19.6 Å². The van der Waals surface area contributed by atoms with Crippen LogP contribution in [0.3, 0.4) is 0 Å². The molecule has 13 heteroatoms. The fourth-order valence-electron chi connectivity index (χ4n) is 6.38. The summed E-state index contributed by atoms with van der Waals surface area (Å²) in [4.78, 5) is 67.4. The lowest BCUT2D eigenvalue weighted by Gasteiger charge is -2.34. The molecule has 45 heavy (non-hydrogen) atoms. The maximum absolute atomic E-state index is 13.5. The number of piperazine rings is 1. The fraction of sp³-hybridized carbons (Fsp3) is 0.531. The second-order valence-electron chi connectivity index (χ2n) is 12.0. The molecular weight excluding hydrogens is 576 g/mol. The molecule has 0 bridgehead atoms. The number of nitrogens with one attached hydrogen (secondary N) is 2. The van der Waals surface area contributed by atoms with Crippen LogP contribution in [0.25, 0.3) is 11.0 Å². The van der Waals surface area contributed by atoms with Gasteiger partial charge in [0.25, 0.3) is 5.56 Å². The van der Waals surface area contributed by atoms with Crippen molar-refractivity contribution in [3.8, 4) is 0 Å². The monoisotopic (exact) mass is 618 g/mol. The molecule has 5 rings (SSSR count). The molecule has 4 heterocycles. The number of rotatable bonds is 12. The van der Waals surface area contributed by atoms with E-state index in [1.807, 2.05) is 23.2 Å². The Balaban J connectivity index is 1.17. The van der Waals surface area contributed by atoms with Gasteiger partial charge in [-0.1, -0.05) is 25.3 Å². The molecule has 2 amide bonds. The first kappa shape index (κ1) is 32.2. The number of Topliss-reactive ketones (excluding diaryl/α,β-unsaturated/α-hetero) is 1. The summed E-state index contributed by atoms with van der Waals surface area (Å²) in [5.74, 6) is 0.413. The van der Waals surface area contributed by atoms with Crippen molar-refractivity contribution in [1.82, 2.24) is 34.8 Å². The summed E-state index contributed by atoms with van der Waals surface area (Å²) in [6, 6.07) is 3.89. The minimum absolute atomic E-state index is 0.0117. The predicted molar refractivity (Wildman–Crippen MR) is 168 cm³/mol. The average Bonchev–Trinajstić information content (AvgIpc) is 3.56. The van der Waals surface area contributed by atoms with Crippen molar-refractivity contribution in [2.75, 3.05) is 31.5 Å². The van der Waals surface area contributed by atoms with Gasteiger partial charge in [0, 0.05) is 69.4 Å². The standard InChI is InChI=1S/C32H42N8O5/c1-21-25-19-34-32(36-30(25)40(24-8-6-7-9-24)31(44)29(21)22(2)41)35-26-13-12-23(18-33-26)20-38-14-16-39(17-15-38)28(43)11-5-3-4-10-27(42)37-45/h12-13,18-19,24,45H,3-11,14-17,20H2,1-2H3,(H,37,42)(H,33,34,35,36).